The summed E-state index contributed by atoms with van der Waals surface area (Å²) in [4.78, 5) is 10.8. The molecule has 0 bridgehead atoms. The van der Waals surface area contributed by atoms with Gasteiger partial charge in [-0.3, -0.25) is 0 Å². The van der Waals surface area contributed by atoms with Crippen LogP contribution in [0.5, 0.6) is 0 Å². The van der Waals surface area contributed by atoms with Crippen LogP contribution < -0.4 is 0 Å². The Morgan fingerprint density at radius 2 is 2.33 bits per heavy atom. The van der Waals surface area contributed by atoms with Gasteiger partial charge < -0.3 is 4.74 Å². The van der Waals surface area contributed by atoms with Crippen LogP contribution >= 0.6 is 45.5 Å². The van der Waals surface area contributed by atoms with Gasteiger partial charge in [0.15, 0.2) is 10.7 Å². The summed E-state index contributed by atoms with van der Waals surface area (Å²) in [6.45, 7) is 0. The Hall–Kier alpha value is 0.120. The van der Waals surface area contributed by atoms with E-state index in [0.717, 1.165) is 11.3 Å². The Balaban J connectivity index is 3.17. The van der Waals surface area contributed by atoms with Gasteiger partial charge in [-0.05, 0) is 22.6 Å². The summed E-state index contributed by atoms with van der Waals surface area (Å²) in [5.74, 6) is -1.29. The molecule has 0 saturated heterocycles. The van der Waals surface area contributed by atoms with Crippen molar-refractivity contribution in [3.63, 3.8) is 0 Å². The van der Waals surface area contributed by atoms with Crippen molar-refractivity contribution in [2.24, 2.45) is 0 Å². The zero-order chi connectivity index (χ0) is 9.30. The predicted molar refractivity (Wildman–Crippen MR) is 53.3 cm³/mol. The first-order chi connectivity index (χ1) is 5.57. The van der Waals surface area contributed by atoms with Crippen molar-refractivity contribution in [3.8, 4) is 0 Å². The van der Waals surface area contributed by atoms with Gasteiger partial charge >= 0.3 is 5.97 Å². The fourth-order valence-electron chi connectivity index (χ4n) is 0.589. The van der Waals surface area contributed by atoms with E-state index in [1.807, 2.05) is 0 Å². The molecule has 0 fully saturated rings. The van der Waals surface area contributed by atoms with Gasteiger partial charge in [-0.25, -0.2) is 9.18 Å². The van der Waals surface area contributed by atoms with E-state index in [2.05, 4.69) is 4.74 Å². The molecule has 6 heteroatoms. The second kappa shape index (κ2) is 3.89. The number of esters is 1. The zero-order valence-corrected chi connectivity index (χ0v) is 9.59. The molecular weight excluding hydrogens is 317 g/mol. The highest BCUT2D eigenvalue weighted by molar-refractivity contribution is 14.1. The highest BCUT2D eigenvalue weighted by Crippen LogP contribution is 2.32. The van der Waals surface area contributed by atoms with Gasteiger partial charge in [0.2, 0.25) is 0 Å². The van der Waals surface area contributed by atoms with Crippen LogP contribution in [0.15, 0.2) is 0 Å². The van der Waals surface area contributed by atoms with Crippen molar-refractivity contribution in [2.45, 2.75) is 0 Å². The van der Waals surface area contributed by atoms with E-state index in [1.165, 1.54) is 7.11 Å². The van der Waals surface area contributed by atoms with Crippen LogP contribution in [0.1, 0.15) is 9.67 Å². The van der Waals surface area contributed by atoms with Gasteiger partial charge in [0.1, 0.15) is 4.34 Å². The second-order valence-corrected chi connectivity index (χ2v) is 4.53. The van der Waals surface area contributed by atoms with E-state index in [0.29, 0.717) is 0 Å². The van der Waals surface area contributed by atoms with E-state index in [9.17, 15) is 9.18 Å². The minimum absolute atomic E-state index is 0.0769. The summed E-state index contributed by atoms with van der Waals surface area (Å²) >= 11 is 8.22. The van der Waals surface area contributed by atoms with Crippen LogP contribution in [0.25, 0.3) is 0 Å². The summed E-state index contributed by atoms with van der Waals surface area (Å²) < 4.78 is 18.0. The van der Waals surface area contributed by atoms with E-state index in [-0.39, 0.29) is 12.8 Å². The molecule has 0 saturated carbocycles. The van der Waals surface area contributed by atoms with Crippen LogP contribution in [0, 0.1) is 9.39 Å². The van der Waals surface area contributed by atoms with E-state index in [4.69, 9.17) is 11.6 Å². The smallest absolute Gasteiger partial charge is 0.351 e. The minimum atomic E-state index is -0.692. The lowest BCUT2D eigenvalue weighted by Crippen LogP contribution is -2.00. The molecule has 0 spiro atoms. The molecule has 1 aromatic rings. The van der Waals surface area contributed by atoms with Crippen molar-refractivity contribution in [1.82, 2.24) is 0 Å². The molecule has 0 aromatic carbocycles. The Morgan fingerprint density at radius 1 is 1.75 bits per heavy atom. The van der Waals surface area contributed by atoms with Crippen LogP contribution in [-0.4, -0.2) is 13.1 Å². The molecule has 66 valence electrons. The number of hydrogen-bond donors (Lipinski definition) is 0. The summed E-state index contributed by atoms with van der Waals surface area (Å²) in [5.41, 5.74) is 0. The van der Waals surface area contributed by atoms with Crippen molar-refractivity contribution >= 4 is 51.5 Å². The molecule has 0 unspecified atom stereocenters. The number of halogens is 3. The number of rotatable bonds is 1. The maximum absolute atomic E-state index is 13.1. The first-order valence-corrected chi connectivity index (χ1v) is 5.06. The highest BCUT2D eigenvalue weighted by atomic mass is 127. The maximum atomic E-state index is 13.1. The van der Waals surface area contributed by atoms with Gasteiger partial charge in [-0.15, -0.1) is 11.3 Å². The predicted octanol–water partition coefficient (Wildman–Crippen LogP) is 2.93. The van der Waals surface area contributed by atoms with Crippen LogP contribution in [-0.2, 0) is 4.74 Å². The molecular formula is C6H3ClFIO2S. The summed E-state index contributed by atoms with van der Waals surface area (Å²) in [6, 6.07) is 0. The van der Waals surface area contributed by atoms with Gasteiger partial charge in [0, 0.05) is 0 Å². The number of methoxy groups -OCH3 is 1. The average Bonchev–Trinajstić information content (AvgIpc) is 2.32. The van der Waals surface area contributed by atoms with Crippen molar-refractivity contribution < 1.29 is 13.9 Å². The molecule has 12 heavy (non-hydrogen) atoms. The molecule has 0 radical (unpaired) electrons. The van der Waals surface area contributed by atoms with E-state index in [1.54, 1.807) is 22.6 Å². The van der Waals surface area contributed by atoms with Crippen molar-refractivity contribution in [2.75, 3.05) is 7.11 Å². The second-order valence-electron chi connectivity index (χ2n) is 1.82. The molecule has 0 aliphatic rings. The third kappa shape index (κ3) is 1.72. The Kier molecular flexibility index (Phi) is 3.30. The molecule has 2 nitrogen and oxygen atoms in total. The lowest BCUT2D eigenvalue weighted by atomic mass is 10.4. The fourth-order valence-corrected chi connectivity index (χ4v) is 2.40. The van der Waals surface area contributed by atoms with Crippen molar-refractivity contribution in [1.29, 1.82) is 0 Å². The first kappa shape index (κ1) is 10.2. The van der Waals surface area contributed by atoms with Crippen LogP contribution in [0.4, 0.5) is 4.39 Å². The fraction of sp³-hybridized carbons (Fsp3) is 0.167. The number of carbonyl (C=O) groups excluding carboxylic acids is 1. The van der Waals surface area contributed by atoms with Crippen LogP contribution in [0.3, 0.4) is 0 Å². The molecule has 0 amide bonds. The van der Waals surface area contributed by atoms with Crippen LogP contribution in [0.2, 0.25) is 4.34 Å². The highest BCUT2D eigenvalue weighted by Gasteiger charge is 2.20. The number of carbonyl (C=O) groups is 1. The summed E-state index contributed by atoms with van der Waals surface area (Å²) in [5, 5.41) is 0. The maximum Gasteiger partial charge on any atom is 0.351 e. The van der Waals surface area contributed by atoms with E-state index >= 15 is 0 Å². The lowest BCUT2D eigenvalue weighted by Gasteiger charge is -1.92. The number of thiophene rings is 1. The monoisotopic (exact) mass is 320 g/mol. The number of ether oxygens (including phenoxy) is 1. The molecule has 1 rings (SSSR count). The average molecular weight is 321 g/mol. The Morgan fingerprint density at radius 3 is 2.67 bits per heavy atom. The summed E-state index contributed by atoms with van der Waals surface area (Å²) in [6.07, 6.45) is 0. The van der Waals surface area contributed by atoms with Gasteiger partial charge in [0.25, 0.3) is 0 Å². The molecule has 0 aliphatic heterocycles. The van der Waals surface area contributed by atoms with Gasteiger partial charge in [-0.2, -0.15) is 0 Å². The SMILES string of the molecule is COC(=O)c1sc(Cl)c(I)c1F. The largest absolute Gasteiger partial charge is 0.465 e. The molecule has 0 N–H and O–H groups in total. The van der Waals surface area contributed by atoms with E-state index < -0.39 is 11.8 Å². The molecule has 1 aromatic heterocycles. The van der Waals surface area contributed by atoms with Gasteiger partial charge in [-0.1, -0.05) is 11.6 Å². The Labute approximate surface area is 90.8 Å². The standard InChI is InChI=1S/C6H3ClFIO2S/c1-11-6(10)4-2(8)3(9)5(7)12-4/h1H3. The molecule has 0 atom stereocenters. The molecule has 0 aliphatic carbocycles. The minimum Gasteiger partial charge on any atom is -0.465 e. The summed E-state index contributed by atoms with van der Waals surface area (Å²) in [7, 11) is 1.20. The zero-order valence-electron chi connectivity index (χ0n) is 5.86. The topological polar surface area (TPSA) is 26.3 Å². The van der Waals surface area contributed by atoms with Crippen molar-refractivity contribution in [3.05, 3.63) is 18.6 Å². The normalized spacial score (nSPS) is 10.0. The quantitative estimate of drug-likeness (QED) is 0.587. The molecule has 1 heterocycles. The Bertz CT molecular complexity index is 326. The first-order valence-electron chi connectivity index (χ1n) is 2.79. The third-order valence-corrected chi connectivity index (χ3v) is 4.18. The van der Waals surface area contributed by atoms with Gasteiger partial charge in [0.05, 0.1) is 10.7 Å². The third-order valence-electron chi connectivity index (χ3n) is 1.13. The number of hydrogen-bond acceptors (Lipinski definition) is 3. The lowest BCUT2D eigenvalue weighted by molar-refractivity contribution is 0.0601.